The molecule has 0 bridgehead atoms. The van der Waals surface area contributed by atoms with E-state index in [0.29, 0.717) is 18.7 Å². The van der Waals surface area contributed by atoms with Crippen molar-refractivity contribution in [3.63, 3.8) is 0 Å². The number of nitrogens with two attached hydrogens (primary N) is 1. The molecular weight excluding hydrogens is 447 g/mol. The highest BCUT2D eigenvalue weighted by molar-refractivity contribution is 7.11. The van der Waals surface area contributed by atoms with Gasteiger partial charge in [0.15, 0.2) is 11.6 Å². The number of primary amides is 1. The zero-order valence-corrected chi connectivity index (χ0v) is 18.7. The van der Waals surface area contributed by atoms with Crippen molar-refractivity contribution < 1.29 is 27.5 Å². The Labute approximate surface area is 188 Å². The predicted molar refractivity (Wildman–Crippen MR) is 115 cm³/mol. The summed E-state index contributed by atoms with van der Waals surface area (Å²) in [5, 5.41) is 5.23. The van der Waals surface area contributed by atoms with E-state index in [0.717, 1.165) is 43.8 Å². The largest absolute Gasteiger partial charge is 0.471 e. The number of hydrogen-bond donors (Lipinski definition) is 3. The van der Waals surface area contributed by atoms with E-state index in [-0.39, 0.29) is 22.0 Å². The summed E-state index contributed by atoms with van der Waals surface area (Å²) in [6, 6.07) is 0.500. The lowest BCUT2D eigenvalue weighted by molar-refractivity contribution is 0.0996. The Morgan fingerprint density at radius 2 is 1.78 bits per heavy atom. The number of benzene rings is 1. The van der Waals surface area contributed by atoms with Crippen LogP contribution in [0.2, 0.25) is 0 Å². The number of nitrogens with zero attached hydrogens (tertiary/aromatic N) is 2. The molecule has 0 saturated carbocycles. The van der Waals surface area contributed by atoms with Crippen molar-refractivity contribution in [1.29, 1.82) is 0 Å². The molecule has 0 radical (unpaired) electrons. The van der Waals surface area contributed by atoms with E-state index < -0.39 is 36.0 Å². The Morgan fingerprint density at radius 1 is 1.09 bits per heavy atom. The number of ether oxygens (including phenoxy) is 1. The average molecular weight is 474 g/mol. The van der Waals surface area contributed by atoms with Crippen molar-refractivity contribution in [2.24, 2.45) is 5.73 Å². The van der Waals surface area contributed by atoms with Crippen LogP contribution < -0.4 is 21.1 Å². The second-order valence-corrected chi connectivity index (χ2v) is 8.07. The van der Waals surface area contributed by atoms with Crippen LogP contribution in [0.4, 0.5) is 23.0 Å². The third-order valence-electron chi connectivity index (χ3n) is 4.41. The topological polar surface area (TPSA) is 110 Å². The molecule has 0 saturated heterocycles. The van der Waals surface area contributed by atoms with Crippen LogP contribution in [0.15, 0.2) is 12.1 Å². The molecule has 1 aromatic heterocycles. The number of hydrogen-bond acceptors (Lipinski definition) is 6. The van der Waals surface area contributed by atoms with Crippen molar-refractivity contribution >= 4 is 28.5 Å². The lowest BCUT2D eigenvalue weighted by atomic mass is 10.2. The van der Waals surface area contributed by atoms with Crippen LogP contribution in [-0.4, -0.2) is 48.4 Å². The number of rotatable bonds is 12. The fourth-order valence-corrected chi connectivity index (χ4v) is 3.49. The fourth-order valence-electron chi connectivity index (χ4n) is 2.75. The Morgan fingerprint density at radius 3 is 2.47 bits per heavy atom. The molecule has 32 heavy (non-hydrogen) atoms. The van der Waals surface area contributed by atoms with Crippen molar-refractivity contribution in [1.82, 2.24) is 14.6 Å². The average Bonchev–Trinajstić information content (AvgIpc) is 3.11. The molecule has 2 aromatic rings. The van der Waals surface area contributed by atoms with E-state index in [4.69, 9.17) is 10.5 Å². The maximum Gasteiger partial charge on any atom is 0.319 e. The molecule has 12 heteroatoms. The number of anilines is 1. The van der Waals surface area contributed by atoms with Gasteiger partial charge in [-0.1, -0.05) is 12.8 Å². The molecule has 0 aliphatic heterocycles. The molecule has 0 fully saturated rings. The summed E-state index contributed by atoms with van der Waals surface area (Å²) in [5.74, 6) is -4.75. The van der Waals surface area contributed by atoms with Gasteiger partial charge in [-0.25, -0.2) is 18.0 Å². The summed E-state index contributed by atoms with van der Waals surface area (Å²) in [6.45, 7) is 0.951. The van der Waals surface area contributed by atoms with Crippen molar-refractivity contribution in [2.75, 3.05) is 32.5 Å². The van der Waals surface area contributed by atoms with Gasteiger partial charge in [-0.2, -0.15) is 4.37 Å². The molecule has 3 amide bonds. The minimum absolute atomic E-state index is 0.0572. The molecule has 8 nitrogen and oxygen atoms in total. The van der Waals surface area contributed by atoms with E-state index in [2.05, 4.69) is 19.9 Å². The van der Waals surface area contributed by atoms with Gasteiger partial charge in [0.05, 0.1) is 0 Å². The molecule has 1 heterocycles. The molecule has 1 aromatic carbocycles. The lowest BCUT2D eigenvalue weighted by Crippen LogP contribution is -2.30. The van der Waals surface area contributed by atoms with Gasteiger partial charge < -0.3 is 20.7 Å². The summed E-state index contributed by atoms with van der Waals surface area (Å²) in [7, 11) is 4.03. The predicted octanol–water partition coefficient (Wildman–Crippen LogP) is 3.48. The van der Waals surface area contributed by atoms with Crippen LogP contribution in [-0.2, 0) is 6.61 Å². The van der Waals surface area contributed by atoms with Gasteiger partial charge in [-0.3, -0.25) is 10.1 Å². The fraction of sp³-hybridized carbons (Fsp3) is 0.450. The summed E-state index contributed by atoms with van der Waals surface area (Å²) < 4.78 is 49.3. The molecule has 0 spiro atoms. The first-order valence-electron chi connectivity index (χ1n) is 9.94. The SMILES string of the molecule is CN(C)CCCCCCNC(=O)Nc1snc(OCc2cc(F)c(F)cc2F)c1C(N)=O. The Hall–Kier alpha value is -2.86. The molecule has 0 aliphatic carbocycles. The lowest BCUT2D eigenvalue weighted by Gasteiger charge is -2.09. The zero-order chi connectivity index (χ0) is 23.7. The first-order chi connectivity index (χ1) is 15.2. The number of carbonyl (C=O) groups is 2. The second kappa shape index (κ2) is 12.2. The van der Waals surface area contributed by atoms with Crippen molar-refractivity contribution in [2.45, 2.75) is 32.3 Å². The standard InChI is InChI=1S/C20H26F3N5O3S/c1-28(2)8-6-4-3-5-7-25-20(30)26-19-16(17(24)29)18(27-32-19)31-11-12-9-14(22)15(23)10-13(12)21/h9-10H,3-8,11H2,1-2H3,(H2,24,29)(H2,25,26,30). The van der Waals surface area contributed by atoms with Crippen molar-refractivity contribution in [3.8, 4) is 5.88 Å². The third-order valence-corrected chi connectivity index (χ3v) is 5.15. The van der Waals surface area contributed by atoms with Gasteiger partial charge >= 0.3 is 6.03 Å². The molecule has 176 valence electrons. The monoisotopic (exact) mass is 473 g/mol. The normalized spacial score (nSPS) is 10.9. The van der Waals surface area contributed by atoms with Crippen LogP contribution in [0.3, 0.4) is 0 Å². The molecule has 0 aliphatic rings. The summed E-state index contributed by atoms with van der Waals surface area (Å²) in [5.41, 5.74) is 4.89. The second-order valence-electron chi connectivity index (χ2n) is 7.30. The Kier molecular flexibility index (Phi) is 9.72. The van der Waals surface area contributed by atoms with E-state index in [9.17, 15) is 22.8 Å². The summed E-state index contributed by atoms with van der Waals surface area (Å²) >= 11 is 0.751. The van der Waals surface area contributed by atoms with Gasteiger partial charge in [-0.05, 0) is 51.1 Å². The first-order valence-corrected chi connectivity index (χ1v) is 10.7. The van der Waals surface area contributed by atoms with Crippen LogP contribution in [0, 0.1) is 17.5 Å². The van der Waals surface area contributed by atoms with E-state index >= 15 is 0 Å². The number of unbranched alkanes of at least 4 members (excludes halogenated alkanes) is 3. The van der Waals surface area contributed by atoms with Crippen LogP contribution in [0.25, 0.3) is 0 Å². The maximum absolute atomic E-state index is 13.8. The minimum Gasteiger partial charge on any atom is -0.471 e. The molecule has 2 rings (SSSR count). The zero-order valence-electron chi connectivity index (χ0n) is 17.8. The maximum atomic E-state index is 13.8. The van der Waals surface area contributed by atoms with Gasteiger partial charge in [0.1, 0.15) is 23.0 Å². The molecule has 0 unspecified atom stereocenters. The number of nitrogens with one attached hydrogen (secondary N) is 2. The molecule has 4 N–H and O–H groups in total. The van der Waals surface area contributed by atoms with Crippen LogP contribution in [0.5, 0.6) is 5.88 Å². The highest BCUT2D eigenvalue weighted by Crippen LogP contribution is 2.31. The molecule has 0 atom stereocenters. The highest BCUT2D eigenvalue weighted by Gasteiger charge is 2.22. The Bertz CT molecular complexity index is 939. The van der Waals surface area contributed by atoms with Gasteiger partial charge in [0.25, 0.3) is 5.91 Å². The van der Waals surface area contributed by atoms with Gasteiger partial charge in [-0.15, -0.1) is 0 Å². The van der Waals surface area contributed by atoms with E-state index in [1.807, 2.05) is 14.1 Å². The van der Waals surface area contributed by atoms with Gasteiger partial charge in [0.2, 0.25) is 5.88 Å². The minimum atomic E-state index is -1.33. The number of halogens is 3. The summed E-state index contributed by atoms with van der Waals surface area (Å²) in [4.78, 5) is 26.0. The number of aromatic nitrogens is 1. The van der Waals surface area contributed by atoms with Crippen molar-refractivity contribution in [3.05, 3.63) is 40.7 Å². The summed E-state index contributed by atoms with van der Waals surface area (Å²) in [6.07, 6.45) is 3.92. The highest BCUT2D eigenvalue weighted by atomic mass is 32.1. The smallest absolute Gasteiger partial charge is 0.319 e. The third kappa shape index (κ3) is 7.68. The molecular formula is C20H26F3N5O3S. The van der Waals surface area contributed by atoms with Crippen LogP contribution >= 0.6 is 11.5 Å². The Balaban J connectivity index is 1.89. The quantitative estimate of drug-likeness (QED) is 0.323. The van der Waals surface area contributed by atoms with Crippen LogP contribution in [0.1, 0.15) is 41.6 Å². The number of carbonyl (C=O) groups excluding carboxylic acids is 2. The van der Waals surface area contributed by atoms with Gasteiger partial charge in [0, 0.05) is 18.2 Å². The first kappa shape index (κ1) is 25.4. The number of urea groups is 1. The number of amides is 3. The van der Waals surface area contributed by atoms with E-state index in [1.54, 1.807) is 0 Å². The van der Waals surface area contributed by atoms with E-state index in [1.165, 1.54) is 0 Å².